The van der Waals surface area contributed by atoms with E-state index in [1.165, 1.54) is 4.90 Å². The van der Waals surface area contributed by atoms with Gasteiger partial charge in [-0.1, -0.05) is 12.5 Å². The molecule has 2 aliphatic rings. The smallest absolute Gasteiger partial charge is 0.255 e. The van der Waals surface area contributed by atoms with Crippen LogP contribution in [0.1, 0.15) is 60.9 Å². The third-order valence-corrected chi connectivity index (χ3v) is 5.29. The molecule has 1 saturated heterocycles. The minimum absolute atomic E-state index is 0.181. The summed E-state index contributed by atoms with van der Waals surface area (Å²) in [6.45, 7) is 0.188. The van der Waals surface area contributed by atoms with Gasteiger partial charge in [-0.05, 0) is 31.4 Å². The highest BCUT2D eigenvalue weighted by molar-refractivity contribution is 6.06. The molecule has 0 bridgehead atoms. The number of carbonyl (C=O) groups is 5. The van der Waals surface area contributed by atoms with Crippen LogP contribution in [0.3, 0.4) is 0 Å². The summed E-state index contributed by atoms with van der Waals surface area (Å²) in [7, 11) is 0. The normalized spacial score (nSPS) is 18.1. The van der Waals surface area contributed by atoms with Crippen LogP contribution in [0.2, 0.25) is 0 Å². The standard InChI is InChI=1S/C20H24N4O6/c25-16(7-2-1-3-8-18(27)23-30)21-14-6-4-5-12-13(14)11-24(20(12)29)15-9-10-17(26)22-19(15)28/h4-6,15,30H,1-3,7-11H2,(H,21,25)(H,23,27)(H,22,26,28). The summed E-state index contributed by atoms with van der Waals surface area (Å²) in [6, 6.07) is 4.34. The van der Waals surface area contributed by atoms with E-state index in [0.29, 0.717) is 36.1 Å². The van der Waals surface area contributed by atoms with Gasteiger partial charge in [-0.25, -0.2) is 5.48 Å². The lowest BCUT2D eigenvalue weighted by Crippen LogP contribution is -2.52. The van der Waals surface area contributed by atoms with Crippen LogP contribution in [0.4, 0.5) is 5.69 Å². The lowest BCUT2D eigenvalue weighted by molar-refractivity contribution is -0.137. The average Bonchev–Trinajstić information content (AvgIpc) is 3.05. The number of rotatable bonds is 8. The molecule has 0 spiro atoms. The maximum absolute atomic E-state index is 12.8. The summed E-state index contributed by atoms with van der Waals surface area (Å²) < 4.78 is 0. The van der Waals surface area contributed by atoms with E-state index in [0.717, 1.165) is 0 Å². The van der Waals surface area contributed by atoms with Crippen molar-refractivity contribution in [3.8, 4) is 0 Å². The lowest BCUT2D eigenvalue weighted by atomic mass is 10.0. The highest BCUT2D eigenvalue weighted by Gasteiger charge is 2.39. The van der Waals surface area contributed by atoms with Gasteiger partial charge in [0.15, 0.2) is 0 Å². The van der Waals surface area contributed by atoms with E-state index in [9.17, 15) is 24.0 Å². The molecule has 5 amide bonds. The maximum Gasteiger partial charge on any atom is 0.255 e. The van der Waals surface area contributed by atoms with Gasteiger partial charge in [0.05, 0.1) is 0 Å². The first kappa shape index (κ1) is 21.4. The zero-order valence-corrected chi connectivity index (χ0v) is 16.4. The number of benzene rings is 1. The number of carbonyl (C=O) groups excluding carboxylic acids is 5. The van der Waals surface area contributed by atoms with Crippen LogP contribution in [0.15, 0.2) is 18.2 Å². The molecule has 3 rings (SSSR count). The topological polar surface area (TPSA) is 145 Å². The first-order chi connectivity index (χ1) is 14.4. The van der Waals surface area contributed by atoms with Crippen molar-refractivity contribution in [2.45, 2.75) is 57.5 Å². The Kier molecular flexibility index (Phi) is 6.78. The molecule has 1 fully saturated rings. The molecule has 160 valence electrons. The van der Waals surface area contributed by atoms with E-state index >= 15 is 0 Å². The summed E-state index contributed by atoms with van der Waals surface area (Å²) in [5.74, 6) is -1.78. The minimum atomic E-state index is -0.706. The SMILES string of the molecule is O=C(CCCCCC(=O)Nc1cccc2c1CN(C1CCC(=O)NC1=O)C2=O)NO. The number of amides is 5. The second-order valence-electron chi connectivity index (χ2n) is 7.38. The molecule has 4 N–H and O–H groups in total. The molecule has 10 heteroatoms. The Balaban J connectivity index is 1.58. The molecule has 0 radical (unpaired) electrons. The second-order valence-corrected chi connectivity index (χ2v) is 7.38. The molecule has 10 nitrogen and oxygen atoms in total. The van der Waals surface area contributed by atoms with Crippen molar-refractivity contribution in [2.75, 3.05) is 5.32 Å². The van der Waals surface area contributed by atoms with Crippen LogP contribution >= 0.6 is 0 Å². The van der Waals surface area contributed by atoms with Gasteiger partial charge in [0.1, 0.15) is 6.04 Å². The Morgan fingerprint density at radius 3 is 2.53 bits per heavy atom. The number of anilines is 1. The molecule has 1 atom stereocenters. The monoisotopic (exact) mass is 416 g/mol. The summed E-state index contributed by atoms with van der Waals surface area (Å²) in [5.41, 5.74) is 3.18. The number of hydroxylamine groups is 1. The summed E-state index contributed by atoms with van der Waals surface area (Å²) in [4.78, 5) is 61.0. The average molecular weight is 416 g/mol. The Bertz CT molecular complexity index is 884. The van der Waals surface area contributed by atoms with Gasteiger partial charge in [0, 0.05) is 42.6 Å². The quantitative estimate of drug-likeness (QED) is 0.214. The van der Waals surface area contributed by atoms with Gasteiger partial charge in [0.25, 0.3) is 5.91 Å². The molecule has 2 aliphatic heterocycles. The third kappa shape index (κ3) is 4.82. The Labute approximate surface area is 172 Å². The fourth-order valence-corrected chi connectivity index (χ4v) is 3.72. The number of imide groups is 1. The van der Waals surface area contributed by atoms with Crippen molar-refractivity contribution in [2.24, 2.45) is 0 Å². The zero-order valence-electron chi connectivity index (χ0n) is 16.4. The molecule has 30 heavy (non-hydrogen) atoms. The number of nitrogens with zero attached hydrogens (tertiary/aromatic N) is 1. The van der Waals surface area contributed by atoms with Gasteiger partial charge < -0.3 is 10.2 Å². The number of fused-ring (bicyclic) bond motifs is 1. The van der Waals surface area contributed by atoms with Gasteiger partial charge in [-0.3, -0.25) is 34.5 Å². The largest absolute Gasteiger partial charge is 0.326 e. The molecule has 1 aromatic rings. The van der Waals surface area contributed by atoms with Crippen molar-refractivity contribution in [1.82, 2.24) is 15.7 Å². The molecule has 1 aromatic carbocycles. The molecule has 0 aliphatic carbocycles. The van der Waals surface area contributed by atoms with E-state index < -0.39 is 17.9 Å². The highest BCUT2D eigenvalue weighted by Crippen LogP contribution is 2.32. The van der Waals surface area contributed by atoms with Gasteiger partial charge in [0.2, 0.25) is 23.6 Å². The van der Waals surface area contributed by atoms with E-state index in [4.69, 9.17) is 5.21 Å². The first-order valence-corrected chi connectivity index (χ1v) is 9.90. The molecular formula is C20H24N4O6. The summed E-state index contributed by atoms with van der Waals surface area (Å²) >= 11 is 0. The first-order valence-electron chi connectivity index (χ1n) is 9.90. The van der Waals surface area contributed by atoms with E-state index in [1.54, 1.807) is 23.7 Å². The van der Waals surface area contributed by atoms with Crippen LogP contribution in [-0.2, 0) is 25.7 Å². The number of hydrogen-bond donors (Lipinski definition) is 4. The summed E-state index contributed by atoms with van der Waals surface area (Å²) in [5, 5.41) is 13.5. The Hall–Kier alpha value is -3.27. The number of piperidine rings is 1. The number of hydrogen-bond acceptors (Lipinski definition) is 6. The predicted octanol–water partition coefficient (Wildman–Crippen LogP) is 0.842. The van der Waals surface area contributed by atoms with Crippen LogP contribution < -0.4 is 16.1 Å². The highest BCUT2D eigenvalue weighted by atomic mass is 16.5. The lowest BCUT2D eigenvalue weighted by Gasteiger charge is -2.29. The Morgan fingerprint density at radius 1 is 1.10 bits per heavy atom. The molecule has 0 aromatic heterocycles. The van der Waals surface area contributed by atoms with Crippen molar-refractivity contribution in [1.29, 1.82) is 0 Å². The van der Waals surface area contributed by atoms with Crippen LogP contribution in [-0.4, -0.2) is 45.7 Å². The number of nitrogens with one attached hydrogen (secondary N) is 3. The van der Waals surface area contributed by atoms with Gasteiger partial charge in [-0.15, -0.1) is 0 Å². The molecule has 1 unspecified atom stereocenters. The Morgan fingerprint density at radius 2 is 1.83 bits per heavy atom. The van der Waals surface area contributed by atoms with Gasteiger partial charge in [-0.2, -0.15) is 0 Å². The van der Waals surface area contributed by atoms with E-state index in [-0.39, 0.29) is 49.9 Å². The van der Waals surface area contributed by atoms with Crippen molar-refractivity contribution in [3.63, 3.8) is 0 Å². The van der Waals surface area contributed by atoms with E-state index in [1.807, 2.05) is 0 Å². The molecule has 2 heterocycles. The van der Waals surface area contributed by atoms with Crippen LogP contribution in [0.25, 0.3) is 0 Å². The van der Waals surface area contributed by atoms with Crippen molar-refractivity contribution < 1.29 is 29.2 Å². The number of unbranched alkanes of at least 4 members (excludes halogenated alkanes) is 2. The minimum Gasteiger partial charge on any atom is -0.326 e. The van der Waals surface area contributed by atoms with Crippen LogP contribution in [0, 0.1) is 0 Å². The van der Waals surface area contributed by atoms with E-state index in [2.05, 4.69) is 10.6 Å². The molecular weight excluding hydrogens is 392 g/mol. The maximum atomic E-state index is 12.8. The fourth-order valence-electron chi connectivity index (χ4n) is 3.72. The second kappa shape index (κ2) is 9.49. The third-order valence-electron chi connectivity index (χ3n) is 5.29. The van der Waals surface area contributed by atoms with Gasteiger partial charge >= 0.3 is 0 Å². The zero-order chi connectivity index (χ0) is 21.7. The fraction of sp³-hybridized carbons (Fsp3) is 0.450. The predicted molar refractivity (Wildman–Crippen MR) is 104 cm³/mol. The molecule has 0 saturated carbocycles. The van der Waals surface area contributed by atoms with Crippen LogP contribution in [0.5, 0.6) is 0 Å². The van der Waals surface area contributed by atoms with Crippen molar-refractivity contribution in [3.05, 3.63) is 29.3 Å². The van der Waals surface area contributed by atoms with Crippen molar-refractivity contribution >= 4 is 35.2 Å². The summed E-state index contributed by atoms with van der Waals surface area (Å²) in [6.07, 6.45) is 2.73.